The molecule has 0 saturated carbocycles. The molecule has 4 rings (SSSR count). The summed E-state index contributed by atoms with van der Waals surface area (Å²) in [6.07, 6.45) is 2.44. The summed E-state index contributed by atoms with van der Waals surface area (Å²) in [5.74, 6) is 1.46. The van der Waals surface area contributed by atoms with Gasteiger partial charge < -0.3 is 23.4 Å². The number of carbonyl (C=O) groups excluding carboxylic acids is 1. The molecule has 2 unspecified atom stereocenters. The summed E-state index contributed by atoms with van der Waals surface area (Å²) in [6, 6.07) is 17.6. The maximum atomic E-state index is 12.2. The van der Waals surface area contributed by atoms with Gasteiger partial charge in [0.05, 0.1) is 13.2 Å². The number of carbonyl (C=O) groups is 1. The summed E-state index contributed by atoms with van der Waals surface area (Å²) in [6.45, 7) is 7.52. The first-order valence-electron chi connectivity index (χ1n) is 12.8. The molecule has 0 saturated heterocycles. The van der Waals surface area contributed by atoms with E-state index < -0.39 is 5.60 Å². The molecule has 0 amide bonds. The monoisotopic (exact) mass is 644 g/mol. The van der Waals surface area contributed by atoms with Crippen LogP contribution in [0.15, 0.2) is 65.3 Å². The number of rotatable bonds is 12. The predicted octanol–water partition coefficient (Wildman–Crippen LogP) is 7.23. The van der Waals surface area contributed by atoms with Crippen LogP contribution in [0, 0.1) is 0 Å². The van der Waals surface area contributed by atoms with E-state index in [9.17, 15) is 4.79 Å². The molecule has 0 fully saturated rings. The summed E-state index contributed by atoms with van der Waals surface area (Å²) in [7, 11) is 1.64. The van der Waals surface area contributed by atoms with E-state index in [4.69, 9.17) is 23.4 Å². The molecule has 0 spiro atoms. The molecule has 2 aromatic heterocycles. The Morgan fingerprint density at radius 3 is 2.44 bits per heavy atom. The van der Waals surface area contributed by atoms with Crippen LogP contribution >= 0.6 is 22.6 Å². The molecule has 0 aliphatic heterocycles. The number of hydrogen-bond acceptors (Lipinski definition) is 8. The summed E-state index contributed by atoms with van der Waals surface area (Å²) in [4.78, 5) is 21.0. The Hall–Kier alpha value is -3.18. The summed E-state index contributed by atoms with van der Waals surface area (Å²) in [5.41, 5.74) is 2.59. The molecule has 0 bridgehead atoms. The third-order valence-electron chi connectivity index (χ3n) is 6.35. The molecule has 39 heavy (non-hydrogen) atoms. The summed E-state index contributed by atoms with van der Waals surface area (Å²) < 4.78 is 28.9. The SMILES string of the molecule is CCC(C)(C)OC(=O)COC(C)CC(I)Oc1ncnc2oc(-c3ccccc3)c(-c3ccc(OC)cc3)c12. The van der Waals surface area contributed by atoms with Crippen LogP contribution in [0.4, 0.5) is 0 Å². The molecule has 2 atom stereocenters. The zero-order valence-corrected chi connectivity index (χ0v) is 24.9. The van der Waals surface area contributed by atoms with Crippen LogP contribution in [0.5, 0.6) is 11.6 Å². The van der Waals surface area contributed by atoms with E-state index in [0.717, 1.165) is 28.9 Å². The standard InChI is InChI=1S/C30H33IN2O6/c1-6-30(3,4)39-24(34)17-36-19(2)16-23(31)37-28-26-25(20-12-14-22(35-5)15-13-20)27(21-10-8-7-9-11-21)38-29(26)33-18-32-28/h7-15,18-19,23H,6,16-17H2,1-5H3. The Bertz CT molecular complexity index is 1390. The van der Waals surface area contributed by atoms with Crippen molar-refractivity contribution in [2.24, 2.45) is 0 Å². The fraction of sp³-hybridized carbons (Fsp3) is 0.367. The Morgan fingerprint density at radius 2 is 1.77 bits per heavy atom. The van der Waals surface area contributed by atoms with Gasteiger partial charge in [-0.1, -0.05) is 49.4 Å². The molecule has 9 heteroatoms. The van der Waals surface area contributed by atoms with E-state index in [1.54, 1.807) is 7.11 Å². The summed E-state index contributed by atoms with van der Waals surface area (Å²) in [5, 5.41) is 0.683. The molecule has 2 heterocycles. The third-order valence-corrected chi connectivity index (χ3v) is 7.11. The molecule has 0 aliphatic carbocycles. The van der Waals surface area contributed by atoms with Gasteiger partial charge in [0.2, 0.25) is 11.6 Å². The second-order valence-corrected chi connectivity index (χ2v) is 11.1. The molecule has 206 valence electrons. The number of benzene rings is 2. The lowest BCUT2D eigenvalue weighted by Gasteiger charge is -2.24. The smallest absolute Gasteiger partial charge is 0.332 e. The van der Waals surface area contributed by atoms with Crippen molar-refractivity contribution in [3.05, 3.63) is 60.9 Å². The van der Waals surface area contributed by atoms with Gasteiger partial charge in [-0.2, -0.15) is 0 Å². The molecule has 0 aliphatic rings. The van der Waals surface area contributed by atoms with Crippen molar-refractivity contribution in [1.82, 2.24) is 9.97 Å². The van der Waals surface area contributed by atoms with Crippen LogP contribution in [-0.2, 0) is 14.3 Å². The van der Waals surface area contributed by atoms with Crippen LogP contribution in [0.1, 0.15) is 40.5 Å². The Morgan fingerprint density at radius 1 is 1.05 bits per heavy atom. The normalized spacial score (nSPS) is 13.2. The number of aromatic nitrogens is 2. The van der Waals surface area contributed by atoms with Crippen molar-refractivity contribution >= 4 is 39.7 Å². The molecule has 2 aromatic carbocycles. The molecule has 0 N–H and O–H groups in total. The second kappa shape index (κ2) is 12.8. The van der Waals surface area contributed by atoms with Crippen molar-refractivity contribution < 1.29 is 28.2 Å². The average molecular weight is 645 g/mol. The van der Waals surface area contributed by atoms with Gasteiger partial charge in [-0.25, -0.2) is 14.8 Å². The maximum absolute atomic E-state index is 12.2. The number of halogens is 1. The lowest BCUT2D eigenvalue weighted by molar-refractivity contribution is -0.164. The van der Waals surface area contributed by atoms with Crippen LogP contribution in [-0.4, -0.2) is 45.5 Å². The van der Waals surface area contributed by atoms with Gasteiger partial charge >= 0.3 is 5.97 Å². The highest BCUT2D eigenvalue weighted by atomic mass is 127. The first-order chi connectivity index (χ1) is 18.7. The Labute approximate surface area is 242 Å². The van der Waals surface area contributed by atoms with Gasteiger partial charge in [0.25, 0.3) is 0 Å². The molecular weight excluding hydrogens is 611 g/mol. The average Bonchev–Trinajstić information content (AvgIpc) is 3.33. The molecule has 4 aromatic rings. The van der Waals surface area contributed by atoms with Crippen LogP contribution in [0.25, 0.3) is 33.6 Å². The zero-order valence-electron chi connectivity index (χ0n) is 22.8. The third kappa shape index (κ3) is 7.27. The molecule has 0 radical (unpaired) electrons. The number of fused-ring (bicyclic) bond motifs is 1. The maximum Gasteiger partial charge on any atom is 0.332 e. The fourth-order valence-corrected chi connectivity index (χ4v) is 4.90. The number of hydrogen-bond donors (Lipinski definition) is 0. The van der Waals surface area contributed by atoms with Crippen LogP contribution < -0.4 is 9.47 Å². The van der Waals surface area contributed by atoms with Crippen molar-refractivity contribution in [2.75, 3.05) is 13.7 Å². The van der Waals surface area contributed by atoms with Gasteiger partial charge in [-0.3, -0.25) is 0 Å². The minimum Gasteiger partial charge on any atom is -0.497 e. The van der Waals surface area contributed by atoms with Gasteiger partial charge in [-0.05, 0) is 67.5 Å². The minimum absolute atomic E-state index is 0.116. The highest BCUT2D eigenvalue weighted by Crippen LogP contribution is 2.44. The molecular formula is C30H33IN2O6. The van der Waals surface area contributed by atoms with E-state index in [-0.39, 0.29) is 22.8 Å². The highest BCUT2D eigenvalue weighted by Gasteiger charge is 2.25. The van der Waals surface area contributed by atoms with E-state index >= 15 is 0 Å². The molecule has 8 nitrogen and oxygen atoms in total. The highest BCUT2D eigenvalue weighted by molar-refractivity contribution is 14.1. The van der Waals surface area contributed by atoms with Crippen molar-refractivity contribution in [3.8, 4) is 34.1 Å². The largest absolute Gasteiger partial charge is 0.497 e. The number of alkyl halides is 1. The first kappa shape index (κ1) is 28.8. The van der Waals surface area contributed by atoms with Crippen molar-refractivity contribution in [2.45, 2.75) is 56.4 Å². The summed E-state index contributed by atoms with van der Waals surface area (Å²) >= 11 is 2.21. The number of methoxy groups -OCH3 is 1. The van der Waals surface area contributed by atoms with Crippen molar-refractivity contribution in [3.63, 3.8) is 0 Å². The van der Waals surface area contributed by atoms with E-state index in [2.05, 4.69) is 32.6 Å². The van der Waals surface area contributed by atoms with Gasteiger partial charge in [0.1, 0.15) is 35.4 Å². The van der Waals surface area contributed by atoms with Crippen LogP contribution in [0.3, 0.4) is 0 Å². The number of furan rings is 1. The Kier molecular flexibility index (Phi) is 9.45. The van der Waals surface area contributed by atoms with Crippen molar-refractivity contribution in [1.29, 1.82) is 0 Å². The number of esters is 1. The second-order valence-electron chi connectivity index (χ2n) is 9.73. The first-order valence-corrected chi connectivity index (χ1v) is 14.1. The fourth-order valence-electron chi connectivity index (χ4n) is 3.94. The zero-order chi connectivity index (χ0) is 28.0. The quantitative estimate of drug-likeness (QED) is 0.0907. The van der Waals surface area contributed by atoms with Gasteiger partial charge in [0.15, 0.2) is 4.11 Å². The lowest BCUT2D eigenvalue weighted by atomic mass is 9.99. The van der Waals surface area contributed by atoms with E-state index in [1.165, 1.54) is 6.33 Å². The topological polar surface area (TPSA) is 92.9 Å². The van der Waals surface area contributed by atoms with Crippen LogP contribution in [0.2, 0.25) is 0 Å². The van der Waals surface area contributed by atoms with Gasteiger partial charge in [0, 0.05) is 17.5 Å². The predicted molar refractivity (Wildman–Crippen MR) is 158 cm³/mol. The van der Waals surface area contributed by atoms with E-state index in [1.807, 2.05) is 82.3 Å². The number of nitrogens with zero attached hydrogens (tertiary/aromatic N) is 2. The number of ether oxygens (including phenoxy) is 4. The minimum atomic E-state index is -0.512. The lowest BCUT2D eigenvalue weighted by Crippen LogP contribution is -2.30. The Balaban J connectivity index is 1.58. The van der Waals surface area contributed by atoms with Gasteiger partial charge in [-0.15, -0.1) is 0 Å². The van der Waals surface area contributed by atoms with E-state index in [0.29, 0.717) is 29.2 Å².